The Hall–Kier alpha value is -0.860. The maximum Gasteiger partial charge on any atom is 0.0143 e. The number of hydrogen-bond acceptors (Lipinski definition) is 2. The lowest BCUT2D eigenvalue weighted by molar-refractivity contribution is 0.418. The van der Waals surface area contributed by atoms with Crippen molar-refractivity contribution in [3.63, 3.8) is 0 Å². The van der Waals surface area contributed by atoms with Gasteiger partial charge in [0.15, 0.2) is 0 Å². The lowest BCUT2D eigenvalue weighted by atomic mass is 9.98. The van der Waals surface area contributed by atoms with Crippen molar-refractivity contribution in [1.82, 2.24) is 10.6 Å². The summed E-state index contributed by atoms with van der Waals surface area (Å²) in [5.74, 6) is 2.42. The second kappa shape index (κ2) is 4.79. The zero-order valence-electron chi connectivity index (χ0n) is 10.5. The van der Waals surface area contributed by atoms with E-state index in [1.807, 2.05) is 0 Å². The standard InChI is InChI=1S/C15H22N2/c1-11-8-16-9-13(11)10-17-15-7-14(15)12-5-3-2-4-6-12/h2-6,11,13-17H,7-10H2,1H3. The molecule has 1 aromatic rings. The van der Waals surface area contributed by atoms with Crippen LogP contribution in [0.4, 0.5) is 0 Å². The highest BCUT2D eigenvalue weighted by Crippen LogP contribution is 2.40. The Morgan fingerprint density at radius 1 is 1.24 bits per heavy atom. The van der Waals surface area contributed by atoms with Gasteiger partial charge in [0.25, 0.3) is 0 Å². The van der Waals surface area contributed by atoms with Crippen molar-refractivity contribution in [3.05, 3.63) is 35.9 Å². The molecule has 1 saturated heterocycles. The Morgan fingerprint density at radius 2 is 2.06 bits per heavy atom. The van der Waals surface area contributed by atoms with Crippen LogP contribution in [0.1, 0.15) is 24.8 Å². The van der Waals surface area contributed by atoms with Crippen LogP contribution in [0, 0.1) is 11.8 Å². The van der Waals surface area contributed by atoms with Crippen LogP contribution in [0.5, 0.6) is 0 Å². The van der Waals surface area contributed by atoms with Gasteiger partial charge in [-0.05, 0) is 43.5 Å². The smallest absolute Gasteiger partial charge is 0.0143 e. The molecule has 1 aliphatic heterocycles. The summed E-state index contributed by atoms with van der Waals surface area (Å²) in [6, 6.07) is 11.6. The molecule has 4 unspecified atom stereocenters. The molecule has 2 nitrogen and oxygen atoms in total. The fourth-order valence-corrected chi connectivity index (χ4v) is 2.93. The van der Waals surface area contributed by atoms with E-state index in [-0.39, 0.29) is 0 Å². The van der Waals surface area contributed by atoms with E-state index in [0.29, 0.717) is 0 Å². The first-order valence-electron chi connectivity index (χ1n) is 6.83. The maximum absolute atomic E-state index is 3.74. The highest BCUT2D eigenvalue weighted by Gasteiger charge is 2.38. The first-order valence-corrected chi connectivity index (χ1v) is 6.83. The van der Waals surface area contributed by atoms with Gasteiger partial charge >= 0.3 is 0 Å². The molecule has 2 fully saturated rings. The largest absolute Gasteiger partial charge is 0.316 e. The summed E-state index contributed by atoms with van der Waals surface area (Å²) in [7, 11) is 0. The van der Waals surface area contributed by atoms with Gasteiger partial charge in [0, 0.05) is 12.0 Å². The molecule has 2 N–H and O–H groups in total. The minimum absolute atomic E-state index is 0.727. The van der Waals surface area contributed by atoms with Gasteiger partial charge in [-0.1, -0.05) is 37.3 Å². The second-order valence-corrected chi connectivity index (χ2v) is 5.66. The predicted molar refractivity (Wildman–Crippen MR) is 71.1 cm³/mol. The molecule has 1 aromatic carbocycles. The normalized spacial score (nSPS) is 36.1. The molecule has 3 rings (SSSR count). The van der Waals surface area contributed by atoms with Crippen molar-refractivity contribution >= 4 is 0 Å². The van der Waals surface area contributed by atoms with Gasteiger partial charge in [0.05, 0.1) is 0 Å². The molecule has 0 aromatic heterocycles. The van der Waals surface area contributed by atoms with E-state index in [1.54, 1.807) is 0 Å². The van der Waals surface area contributed by atoms with Crippen LogP contribution in [0.15, 0.2) is 30.3 Å². The Morgan fingerprint density at radius 3 is 2.76 bits per heavy atom. The Labute approximate surface area is 104 Å². The maximum atomic E-state index is 3.74. The molecule has 2 aliphatic rings. The minimum atomic E-state index is 0.727. The highest BCUT2D eigenvalue weighted by atomic mass is 15.0. The highest BCUT2D eigenvalue weighted by molar-refractivity contribution is 5.27. The molecule has 0 bridgehead atoms. The second-order valence-electron chi connectivity index (χ2n) is 5.66. The van der Waals surface area contributed by atoms with Crippen LogP contribution < -0.4 is 10.6 Å². The van der Waals surface area contributed by atoms with E-state index in [2.05, 4.69) is 47.9 Å². The van der Waals surface area contributed by atoms with Gasteiger partial charge in [0.1, 0.15) is 0 Å². The zero-order valence-corrected chi connectivity index (χ0v) is 10.5. The van der Waals surface area contributed by atoms with Gasteiger partial charge in [-0.2, -0.15) is 0 Å². The summed E-state index contributed by atoms with van der Waals surface area (Å²) in [5, 5.41) is 7.21. The third-order valence-electron chi connectivity index (χ3n) is 4.34. The molecular formula is C15H22N2. The van der Waals surface area contributed by atoms with Gasteiger partial charge in [-0.25, -0.2) is 0 Å². The molecule has 4 atom stereocenters. The summed E-state index contributed by atoms with van der Waals surface area (Å²) in [5.41, 5.74) is 1.50. The van der Waals surface area contributed by atoms with Crippen molar-refractivity contribution in [2.45, 2.75) is 25.3 Å². The van der Waals surface area contributed by atoms with Crippen LogP contribution in [-0.4, -0.2) is 25.7 Å². The summed E-state index contributed by atoms with van der Waals surface area (Å²) < 4.78 is 0. The van der Waals surface area contributed by atoms with Crippen molar-refractivity contribution < 1.29 is 0 Å². The molecule has 17 heavy (non-hydrogen) atoms. The summed E-state index contributed by atoms with van der Waals surface area (Å²) >= 11 is 0. The SMILES string of the molecule is CC1CNCC1CNC1CC1c1ccccc1. The van der Waals surface area contributed by atoms with Crippen LogP contribution in [0.25, 0.3) is 0 Å². The molecule has 1 heterocycles. The van der Waals surface area contributed by atoms with Crippen molar-refractivity contribution in [2.75, 3.05) is 19.6 Å². The third-order valence-corrected chi connectivity index (χ3v) is 4.34. The molecule has 92 valence electrons. The minimum Gasteiger partial charge on any atom is -0.316 e. The quantitative estimate of drug-likeness (QED) is 0.826. The number of rotatable bonds is 4. The summed E-state index contributed by atoms with van der Waals surface area (Å²) in [6.45, 7) is 5.92. The van der Waals surface area contributed by atoms with E-state index in [0.717, 1.165) is 23.8 Å². The van der Waals surface area contributed by atoms with Gasteiger partial charge in [0.2, 0.25) is 0 Å². The average Bonchev–Trinajstić information content (AvgIpc) is 3.04. The van der Waals surface area contributed by atoms with Crippen LogP contribution in [0.2, 0.25) is 0 Å². The fourth-order valence-electron chi connectivity index (χ4n) is 2.93. The lowest BCUT2D eigenvalue weighted by Gasteiger charge is -2.14. The van der Waals surface area contributed by atoms with E-state index in [4.69, 9.17) is 0 Å². The van der Waals surface area contributed by atoms with Crippen molar-refractivity contribution in [3.8, 4) is 0 Å². The summed E-state index contributed by atoms with van der Waals surface area (Å²) in [4.78, 5) is 0. The van der Waals surface area contributed by atoms with Crippen molar-refractivity contribution in [1.29, 1.82) is 0 Å². The number of benzene rings is 1. The Bertz CT molecular complexity index is 362. The predicted octanol–water partition coefficient (Wildman–Crippen LogP) is 1.99. The summed E-state index contributed by atoms with van der Waals surface area (Å²) in [6.07, 6.45) is 1.32. The van der Waals surface area contributed by atoms with Gasteiger partial charge < -0.3 is 10.6 Å². The lowest BCUT2D eigenvalue weighted by Crippen LogP contribution is -2.29. The van der Waals surface area contributed by atoms with Crippen LogP contribution >= 0.6 is 0 Å². The molecule has 2 heteroatoms. The van der Waals surface area contributed by atoms with E-state index >= 15 is 0 Å². The van der Waals surface area contributed by atoms with Crippen LogP contribution in [0.3, 0.4) is 0 Å². The van der Waals surface area contributed by atoms with Gasteiger partial charge in [-0.3, -0.25) is 0 Å². The first-order chi connectivity index (χ1) is 8.34. The molecular weight excluding hydrogens is 208 g/mol. The van der Waals surface area contributed by atoms with Gasteiger partial charge in [-0.15, -0.1) is 0 Å². The monoisotopic (exact) mass is 230 g/mol. The number of nitrogens with one attached hydrogen (secondary N) is 2. The van der Waals surface area contributed by atoms with E-state index in [9.17, 15) is 0 Å². The fraction of sp³-hybridized carbons (Fsp3) is 0.600. The molecule has 0 spiro atoms. The zero-order chi connectivity index (χ0) is 11.7. The van der Waals surface area contributed by atoms with Crippen LogP contribution in [-0.2, 0) is 0 Å². The third kappa shape index (κ3) is 2.53. The topological polar surface area (TPSA) is 24.1 Å². The van der Waals surface area contributed by atoms with Crippen molar-refractivity contribution in [2.24, 2.45) is 11.8 Å². The Kier molecular flexibility index (Phi) is 3.17. The molecule has 1 saturated carbocycles. The first kappa shape index (κ1) is 11.2. The Balaban J connectivity index is 1.47. The molecule has 0 amide bonds. The van der Waals surface area contributed by atoms with E-state index < -0.39 is 0 Å². The molecule has 1 aliphatic carbocycles. The average molecular weight is 230 g/mol. The van der Waals surface area contributed by atoms with E-state index in [1.165, 1.54) is 31.6 Å². The molecule has 0 radical (unpaired) electrons. The number of hydrogen-bond donors (Lipinski definition) is 2.